The van der Waals surface area contributed by atoms with Gasteiger partial charge in [-0.1, -0.05) is 59.2 Å². The van der Waals surface area contributed by atoms with Crippen molar-refractivity contribution in [2.45, 2.75) is 31.3 Å². The molecular weight excluding hydrogens is 517 g/mol. The Labute approximate surface area is 224 Å². The van der Waals surface area contributed by atoms with Crippen LogP contribution in [0.2, 0.25) is 10.0 Å². The average Bonchev–Trinajstić information content (AvgIpc) is 3.27. The summed E-state index contributed by atoms with van der Waals surface area (Å²) < 4.78 is 7.16. The number of carbonyl (C=O) groups is 1. The molecule has 0 saturated heterocycles. The monoisotopic (exact) mass is 541 g/mol. The second kappa shape index (κ2) is 11.7. The minimum absolute atomic E-state index is 0.141. The van der Waals surface area contributed by atoms with E-state index in [1.54, 1.807) is 19.2 Å². The minimum atomic E-state index is -0.342. The van der Waals surface area contributed by atoms with E-state index in [4.69, 9.17) is 27.9 Å². The van der Waals surface area contributed by atoms with Gasteiger partial charge in [0.15, 0.2) is 11.0 Å². The number of hydrogen-bond donors (Lipinski definition) is 2. The van der Waals surface area contributed by atoms with E-state index < -0.39 is 0 Å². The maximum Gasteiger partial charge on any atom is 0.319 e. The lowest BCUT2D eigenvalue weighted by atomic mass is 10.1. The van der Waals surface area contributed by atoms with Gasteiger partial charge in [0, 0.05) is 16.5 Å². The summed E-state index contributed by atoms with van der Waals surface area (Å²) in [5.74, 6) is 1.96. The molecule has 3 aromatic carbocycles. The van der Waals surface area contributed by atoms with Gasteiger partial charge in [0.05, 0.1) is 24.4 Å². The van der Waals surface area contributed by atoms with Crippen LogP contribution in [0.5, 0.6) is 5.75 Å². The molecule has 2 amide bonds. The highest BCUT2D eigenvalue weighted by Crippen LogP contribution is 2.31. The lowest BCUT2D eigenvalue weighted by Crippen LogP contribution is -2.29. The largest absolute Gasteiger partial charge is 0.497 e. The Morgan fingerprint density at radius 1 is 1.06 bits per heavy atom. The van der Waals surface area contributed by atoms with Crippen molar-refractivity contribution in [2.24, 2.45) is 0 Å². The fourth-order valence-electron chi connectivity index (χ4n) is 3.54. The van der Waals surface area contributed by atoms with Crippen molar-refractivity contribution in [3.05, 3.63) is 93.2 Å². The molecule has 7 nitrogen and oxygen atoms in total. The second-order valence-corrected chi connectivity index (χ2v) is 9.81. The maximum atomic E-state index is 12.6. The molecule has 4 aromatic rings. The van der Waals surface area contributed by atoms with Gasteiger partial charge in [-0.2, -0.15) is 0 Å². The molecule has 0 bridgehead atoms. The van der Waals surface area contributed by atoms with Gasteiger partial charge in [0.1, 0.15) is 5.75 Å². The third-order valence-electron chi connectivity index (χ3n) is 5.61. The molecule has 0 aliphatic carbocycles. The zero-order valence-electron chi connectivity index (χ0n) is 20.0. The van der Waals surface area contributed by atoms with E-state index in [2.05, 4.69) is 20.8 Å². The first-order chi connectivity index (χ1) is 17.4. The summed E-state index contributed by atoms with van der Waals surface area (Å²) >= 11 is 14.2. The zero-order chi connectivity index (χ0) is 25.7. The molecule has 0 fully saturated rings. The number of methoxy groups -OCH3 is 1. The Balaban J connectivity index is 1.56. The van der Waals surface area contributed by atoms with E-state index >= 15 is 0 Å². The maximum absolute atomic E-state index is 12.6. The van der Waals surface area contributed by atoms with Crippen LogP contribution in [0.1, 0.15) is 22.5 Å². The van der Waals surface area contributed by atoms with Crippen LogP contribution in [0, 0.1) is 13.8 Å². The molecule has 4 rings (SSSR count). The predicted molar refractivity (Wildman–Crippen MR) is 146 cm³/mol. The third-order valence-corrected chi connectivity index (χ3v) is 7.15. The van der Waals surface area contributed by atoms with E-state index in [-0.39, 0.29) is 12.6 Å². The van der Waals surface area contributed by atoms with Crippen LogP contribution in [0.4, 0.5) is 10.5 Å². The molecule has 186 valence electrons. The predicted octanol–water partition coefficient (Wildman–Crippen LogP) is 6.81. The summed E-state index contributed by atoms with van der Waals surface area (Å²) in [6, 6.07) is 18.5. The number of aromatic nitrogens is 3. The molecule has 36 heavy (non-hydrogen) atoms. The number of ether oxygens (including phenoxy) is 1. The lowest BCUT2D eigenvalue weighted by molar-refractivity contribution is 0.251. The summed E-state index contributed by atoms with van der Waals surface area (Å²) in [6.45, 7) is 4.11. The number of halogens is 2. The first kappa shape index (κ1) is 25.9. The number of aryl methyl sites for hydroxylation is 1. The van der Waals surface area contributed by atoms with Crippen LogP contribution in [0.15, 0.2) is 65.8 Å². The second-order valence-electron chi connectivity index (χ2n) is 8.03. The van der Waals surface area contributed by atoms with Crippen molar-refractivity contribution in [3.63, 3.8) is 0 Å². The molecule has 0 aliphatic heterocycles. The van der Waals surface area contributed by atoms with Crippen LogP contribution in [-0.4, -0.2) is 27.9 Å². The molecule has 0 radical (unpaired) electrons. The number of amides is 2. The molecule has 10 heteroatoms. The normalized spacial score (nSPS) is 10.8. The van der Waals surface area contributed by atoms with Crippen molar-refractivity contribution >= 4 is 46.7 Å². The Morgan fingerprint density at radius 2 is 1.86 bits per heavy atom. The fraction of sp³-hybridized carbons (Fsp3) is 0.192. The number of nitrogens with one attached hydrogen (secondary N) is 2. The average molecular weight is 542 g/mol. The highest BCUT2D eigenvalue weighted by Gasteiger charge is 2.18. The highest BCUT2D eigenvalue weighted by atomic mass is 35.5. The topological polar surface area (TPSA) is 81.1 Å². The van der Waals surface area contributed by atoms with Crippen molar-refractivity contribution < 1.29 is 9.53 Å². The standard InChI is InChI=1S/C26H25Cl2N5O2S/c1-16-6-4-9-22(17(16)2)30-25(34)29-14-24-31-32-26(33(24)23-11-10-19(27)13-21(23)28)36-15-18-7-5-8-20(12-18)35-3/h4-13H,14-15H2,1-3H3,(H2,29,30,34). The van der Waals surface area contributed by atoms with E-state index in [0.29, 0.717) is 32.5 Å². The van der Waals surface area contributed by atoms with Gasteiger partial charge in [-0.05, 0) is 66.9 Å². The first-order valence-electron chi connectivity index (χ1n) is 11.1. The summed E-state index contributed by atoms with van der Waals surface area (Å²) in [4.78, 5) is 12.6. The molecule has 1 heterocycles. The van der Waals surface area contributed by atoms with Crippen molar-refractivity contribution in [2.75, 3.05) is 12.4 Å². The fourth-order valence-corrected chi connectivity index (χ4v) is 4.94. The molecule has 0 aliphatic rings. The van der Waals surface area contributed by atoms with E-state index in [9.17, 15) is 4.79 Å². The third kappa shape index (κ3) is 6.13. The summed E-state index contributed by atoms with van der Waals surface area (Å²) in [5.41, 5.74) is 4.61. The molecule has 0 spiro atoms. The van der Waals surface area contributed by atoms with Crippen LogP contribution in [-0.2, 0) is 12.3 Å². The Bertz CT molecular complexity index is 1390. The smallest absolute Gasteiger partial charge is 0.319 e. The Kier molecular flexibility index (Phi) is 8.40. The van der Waals surface area contributed by atoms with Crippen LogP contribution in [0.25, 0.3) is 5.69 Å². The molecule has 1 aromatic heterocycles. The lowest BCUT2D eigenvalue weighted by Gasteiger charge is -2.14. The number of rotatable bonds is 8. The summed E-state index contributed by atoms with van der Waals surface area (Å²) in [7, 11) is 1.64. The Morgan fingerprint density at radius 3 is 2.64 bits per heavy atom. The number of benzene rings is 3. The first-order valence-corrected chi connectivity index (χ1v) is 12.9. The molecule has 2 N–H and O–H groups in total. The summed E-state index contributed by atoms with van der Waals surface area (Å²) in [5, 5.41) is 16.1. The van der Waals surface area contributed by atoms with Crippen molar-refractivity contribution in [3.8, 4) is 11.4 Å². The van der Waals surface area contributed by atoms with Gasteiger partial charge < -0.3 is 15.4 Å². The summed E-state index contributed by atoms with van der Waals surface area (Å²) in [6.07, 6.45) is 0. The quantitative estimate of drug-likeness (QED) is 0.239. The number of urea groups is 1. The van der Waals surface area contributed by atoms with Crippen molar-refractivity contribution in [1.29, 1.82) is 0 Å². The van der Waals surface area contributed by atoms with Gasteiger partial charge in [-0.3, -0.25) is 4.57 Å². The number of nitrogens with zero attached hydrogens (tertiary/aromatic N) is 3. The zero-order valence-corrected chi connectivity index (χ0v) is 22.3. The van der Waals surface area contributed by atoms with Gasteiger partial charge in [0.2, 0.25) is 0 Å². The van der Waals surface area contributed by atoms with E-state index in [1.165, 1.54) is 11.8 Å². The Hall–Kier alpha value is -3.20. The number of carbonyl (C=O) groups excluding carboxylic acids is 1. The number of hydrogen-bond acceptors (Lipinski definition) is 5. The molecule has 0 unspecified atom stereocenters. The van der Waals surface area contributed by atoms with Crippen molar-refractivity contribution in [1.82, 2.24) is 20.1 Å². The molecule has 0 saturated carbocycles. The molecular formula is C26H25Cl2N5O2S. The van der Waals surface area contributed by atoms with Crippen LogP contribution in [0.3, 0.4) is 0 Å². The van der Waals surface area contributed by atoms with Gasteiger partial charge >= 0.3 is 6.03 Å². The van der Waals surface area contributed by atoms with Gasteiger partial charge in [0.25, 0.3) is 0 Å². The minimum Gasteiger partial charge on any atom is -0.497 e. The number of anilines is 1. The van der Waals surface area contributed by atoms with E-state index in [0.717, 1.165) is 28.1 Å². The van der Waals surface area contributed by atoms with Crippen LogP contribution >= 0.6 is 35.0 Å². The molecule has 0 atom stereocenters. The number of thioether (sulfide) groups is 1. The van der Waals surface area contributed by atoms with Crippen LogP contribution < -0.4 is 15.4 Å². The highest BCUT2D eigenvalue weighted by molar-refractivity contribution is 7.98. The SMILES string of the molecule is COc1cccc(CSc2nnc(CNC(=O)Nc3cccc(C)c3C)n2-c2ccc(Cl)cc2Cl)c1. The van der Waals surface area contributed by atoms with Gasteiger partial charge in [-0.15, -0.1) is 10.2 Å². The van der Waals surface area contributed by atoms with Gasteiger partial charge in [-0.25, -0.2) is 4.79 Å². The van der Waals surface area contributed by atoms with E-state index in [1.807, 2.05) is 66.9 Å².